The molecule has 0 aliphatic carbocycles. The highest BCUT2D eigenvalue weighted by atomic mass is 32.2. The molecule has 0 saturated carbocycles. The molecule has 5 nitrogen and oxygen atoms in total. The van der Waals surface area contributed by atoms with Crippen molar-refractivity contribution < 1.29 is 18.3 Å². The summed E-state index contributed by atoms with van der Waals surface area (Å²) in [5.41, 5.74) is 0.559. The van der Waals surface area contributed by atoms with Crippen LogP contribution in [0.25, 0.3) is 0 Å². The number of thioether (sulfide) groups is 1. The predicted molar refractivity (Wildman–Crippen MR) is 81.6 cm³/mol. The molecule has 0 saturated heterocycles. The lowest BCUT2D eigenvalue weighted by Gasteiger charge is -2.12. The second-order valence-corrected chi connectivity index (χ2v) is 7.39. The van der Waals surface area contributed by atoms with E-state index < -0.39 is 16.0 Å². The molecule has 0 fully saturated rings. The number of hydrogen-bond acceptors (Lipinski definition) is 4. The molecule has 0 heterocycles. The Morgan fingerprint density at radius 3 is 2.75 bits per heavy atom. The fourth-order valence-electron chi connectivity index (χ4n) is 1.68. The molecule has 0 aliphatic heterocycles. The van der Waals surface area contributed by atoms with Gasteiger partial charge in [-0.1, -0.05) is 19.1 Å². The summed E-state index contributed by atoms with van der Waals surface area (Å²) in [7, 11) is -3.44. The normalized spacial score (nSPS) is 13.1. The van der Waals surface area contributed by atoms with Gasteiger partial charge in [0.2, 0.25) is 10.0 Å². The van der Waals surface area contributed by atoms with E-state index in [9.17, 15) is 13.2 Å². The van der Waals surface area contributed by atoms with E-state index in [1.807, 2.05) is 13.2 Å². The lowest BCUT2D eigenvalue weighted by atomic mass is 10.1. The van der Waals surface area contributed by atoms with Gasteiger partial charge in [0, 0.05) is 6.54 Å². The van der Waals surface area contributed by atoms with Crippen molar-refractivity contribution in [2.24, 2.45) is 5.92 Å². The minimum absolute atomic E-state index is 0.0912. The summed E-state index contributed by atoms with van der Waals surface area (Å²) in [4.78, 5) is 10.8. The first-order valence-electron chi connectivity index (χ1n) is 6.12. The van der Waals surface area contributed by atoms with Gasteiger partial charge in [0.1, 0.15) is 0 Å². The molecule has 0 aliphatic rings. The van der Waals surface area contributed by atoms with E-state index in [-0.39, 0.29) is 17.2 Å². The standard InChI is InChI=1S/C13H19NO4S2/c1-10(8-19-2)7-14-20(17,18)9-11-4-3-5-12(6-11)13(15)16/h3-6,10,14H,7-9H2,1-2H3,(H,15,16). The summed E-state index contributed by atoms with van der Waals surface area (Å²) in [6.07, 6.45) is 1.97. The van der Waals surface area contributed by atoms with Crippen LogP contribution in [-0.2, 0) is 15.8 Å². The molecule has 1 aromatic rings. The number of rotatable bonds is 8. The van der Waals surface area contributed by atoms with Gasteiger partial charge in [-0.3, -0.25) is 0 Å². The first kappa shape index (κ1) is 17.0. The molecular weight excluding hydrogens is 298 g/mol. The van der Waals surface area contributed by atoms with Crippen LogP contribution in [0, 0.1) is 5.92 Å². The van der Waals surface area contributed by atoms with Crippen molar-refractivity contribution in [1.29, 1.82) is 0 Å². The van der Waals surface area contributed by atoms with E-state index in [1.165, 1.54) is 12.1 Å². The average molecular weight is 317 g/mol. The van der Waals surface area contributed by atoms with E-state index in [0.717, 1.165) is 5.75 Å². The SMILES string of the molecule is CSCC(C)CNS(=O)(=O)Cc1cccc(C(=O)O)c1. The number of carbonyl (C=O) groups is 1. The van der Waals surface area contributed by atoms with E-state index in [2.05, 4.69) is 4.72 Å². The average Bonchev–Trinajstić information content (AvgIpc) is 2.37. The smallest absolute Gasteiger partial charge is 0.335 e. The van der Waals surface area contributed by atoms with E-state index in [4.69, 9.17) is 5.11 Å². The van der Waals surface area contributed by atoms with Crippen LogP contribution in [-0.4, -0.2) is 38.0 Å². The molecule has 1 rings (SSSR count). The number of carboxylic acids is 1. The van der Waals surface area contributed by atoms with Crippen molar-refractivity contribution in [2.45, 2.75) is 12.7 Å². The maximum absolute atomic E-state index is 11.9. The van der Waals surface area contributed by atoms with Crippen LogP contribution in [0.2, 0.25) is 0 Å². The number of hydrogen-bond donors (Lipinski definition) is 2. The molecule has 0 bridgehead atoms. The van der Waals surface area contributed by atoms with Gasteiger partial charge in [0.15, 0.2) is 0 Å². The number of nitrogens with one attached hydrogen (secondary N) is 1. The Balaban J connectivity index is 2.66. The van der Waals surface area contributed by atoms with Crippen LogP contribution in [0.15, 0.2) is 24.3 Å². The van der Waals surface area contributed by atoms with Crippen molar-refractivity contribution >= 4 is 27.8 Å². The van der Waals surface area contributed by atoms with Gasteiger partial charge in [-0.25, -0.2) is 17.9 Å². The van der Waals surface area contributed by atoms with Crippen LogP contribution in [0.3, 0.4) is 0 Å². The molecule has 1 unspecified atom stereocenters. The fraction of sp³-hybridized carbons (Fsp3) is 0.462. The minimum atomic E-state index is -3.44. The van der Waals surface area contributed by atoms with Crippen LogP contribution in [0.1, 0.15) is 22.8 Å². The maximum atomic E-state index is 11.9. The zero-order chi connectivity index (χ0) is 15.2. The maximum Gasteiger partial charge on any atom is 0.335 e. The Labute approximate surface area is 123 Å². The third-order valence-electron chi connectivity index (χ3n) is 2.63. The van der Waals surface area contributed by atoms with Gasteiger partial charge in [-0.15, -0.1) is 0 Å². The van der Waals surface area contributed by atoms with Gasteiger partial charge in [0.25, 0.3) is 0 Å². The highest BCUT2D eigenvalue weighted by molar-refractivity contribution is 7.98. The molecule has 0 amide bonds. The highest BCUT2D eigenvalue weighted by Gasteiger charge is 2.14. The van der Waals surface area contributed by atoms with Crippen LogP contribution in [0.5, 0.6) is 0 Å². The third kappa shape index (κ3) is 5.94. The molecule has 1 atom stereocenters. The molecule has 20 heavy (non-hydrogen) atoms. The Morgan fingerprint density at radius 2 is 2.15 bits per heavy atom. The lowest BCUT2D eigenvalue weighted by Crippen LogP contribution is -2.30. The number of aromatic carboxylic acids is 1. The van der Waals surface area contributed by atoms with Crippen molar-refractivity contribution in [3.8, 4) is 0 Å². The fourth-order valence-corrected chi connectivity index (χ4v) is 3.62. The molecular formula is C13H19NO4S2. The first-order chi connectivity index (χ1) is 9.34. The zero-order valence-corrected chi connectivity index (χ0v) is 13.1. The van der Waals surface area contributed by atoms with Crippen molar-refractivity contribution in [3.05, 3.63) is 35.4 Å². The quantitative estimate of drug-likeness (QED) is 0.764. The zero-order valence-electron chi connectivity index (χ0n) is 11.5. The predicted octanol–water partition coefficient (Wildman–Crippen LogP) is 1.80. The number of carboxylic acid groups (broad SMARTS) is 1. The molecule has 0 spiro atoms. The van der Waals surface area contributed by atoms with Gasteiger partial charge >= 0.3 is 5.97 Å². The lowest BCUT2D eigenvalue weighted by molar-refractivity contribution is 0.0696. The molecule has 2 N–H and O–H groups in total. The summed E-state index contributed by atoms with van der Waals surface area (Å²) in [6.45, 7) is 2.37. The molecule has 112 valence electrons. The first-order valence-corrected chi connectivity index (χ1v) is 9.17. The summed E-state index contributed by atoms with van der Waals surface area (Å²) in [5.74, 6) is -0.132. The molecule has 0 aromatic heterocycles. The summed E-state index contributed by atoms with van der Waals surface area (Å²) < 4.78 is 26.4. The monoisotopic (exact) mass is 317 g/mol. The van der Waals surface area contributed by atoms with E-state index >= 15 is 0 Å². The van der Waals surface area contributed by atoms with Crippen molar-refractivity contribution in [2.75, 3.05) is 18.6 Å². The highest BCUT2D eigenvalue weighted by Crippen LogP contribution is 2.10. The van der Waals surface area contributed by atoms with E-state index in [1.54, 1.807) is 23.9 Å². The third-order valence-corrected chi connectivity index (χ3v) is 4.86. The Bertz CT molecular complexity index is 557. The van der Waals surface area contributed by atoms with Gasteiger partial charge < -0.3 is 5.11 Å². The summed E-state index contributed by atoms with van der Waals surface area (Å²) in [5, 5.41) is 8.88. The van der Waals surface area contributed by atoms with Gasteiger partial charge in [-0.2, -0.15) is 11.8 Å². The second-order valence-electron chi connectivity index (χ2n) is 4.67. The molecule has 1 aromatic carbocycles. The Kier molecular flexibility index (Phi) is 6.51. The largest absolute Gasteiger partial charge is 0.478 e. The van der Waals surface area contributed by atoms with Crippen LogP contribution in [0.4, 0.5) is 0 Å². The number of sulfonamides is 1. The van der Waals surface area contributed by atoms with Crippen molar-refractivity contribution in [1.82, 2.24) is 4.72 Å². The molecule has 0 radical (unpaired) electrons. The topological polar surface area (TPSA) is 83.5 Å². The van der Waals surface area contributed by atoms with E-state index in [0.29, 0.717) is 12.1 Å². The van der Waals surface area contributed by atoms with Gasteiger partial charge in [0.05, 0.1) is 11.3 Å². The Hall–Kier alpha value is -1.05. The van der Waals surface area contributed by atoms with Gasteiger partial charge in [-0.05, 0) is 35.6 Å². The summed E-state index contributed by atoms with van der Waals surface area (Å²) in [6, 6.07) is 5.97. The second kappa shape index (κ2) is 7.66. The number of benzene rings is 1. The minimum Gasteiger partial charge on any atom is -0.478 e. The van der Waals surface area contributed by atoms with Crippen LogP contribution >= 0.6 is 11.8 Å². The molecule has 7 heteroatoms. The Morgan fingerprint density at radius 1 is 1.45 bits per heavy atom. The van der Waals surface area contributed by atoms with Crippen LogP contribution < -0.4 is 4.72 Å². The summed E-state index contributed by atoms with van der Waals surface area (Å²) >= 11 is 1.67. The van der Waals surface area contributed by atoms with Crippen molar-refractivity contribution in [3.63, 3.8) is 0 Å².